The van der Waals surface area contributed by atoms with Crippen molar-refractivity contribution in [2.75, 3.05) is 7.11 Å². The van der Waals surface area contributed by atoms with Gasteiger partial charge in [-0.1, -0.05) is 11.6 Å². The molecule has 0 saturated heterocycles. The molecule has 2 aliphatic rings. The van der Waals surface area contributed by atoms with E-state index in [4.69, 9.17) is 4.74 Å². The Bertz CT molecular complexity index is 583. The first-order chi connectivity index (χ1) is 9.09. The van der Waals surface area contributed by atoms with Gasteiger partial charge in [-0.2, -0.15) is 0 Å². The first-order valence-electron chi connectivity index (χ1n) is 6.03. The van der Waals surface area contributed by atoms with Crippen LogP contribution < -0.4 is 0 Å². The molecule has 0 radical (unpaired) electrons. The molecule has 0 N–H and O–H groups in total. The minimum atomic E-state index is -1.13. The number of fused-ring (bicyclic) bond motifs is 1. The average Bonchev–Trinajstić information content (AvgIpc) is 2.44. The van der Waals surface area contributed by atoms with Gasteiger partial charge in [-0.05, 0) is 31.9 Å². The maximum Gasteiger partial charge on any atom is 0.318 e. The smallest absolute Gasteiger partial charge is 0.318 e. The van der Waals surface area contributed by atoms with Crippen LogP contribution in [0.4, 0.5) is 0 Å². The predicted molar refractivity (Wildman–Crippen MR) is 68.5 cm³/mol. The first kappa shape index (κ1) is 13.3. The van der Waals surface area contributed by atoms with Gasteiger partial charge in [0.25, 0.3) is 0 Å². The van der Waals surface area contributed by atoms with Gasteiger partial charge in [0.15, 0.2) is 0 Å². The molecule has 4 nitrogen and oxygen atoms in total. The normalized spacial score (nSPS) is 28.9. The summed E-state index contributed by atoms with van der Waals surface area (Å²) in [5.41, 5.74) is 0.596. The number of hydrogen-bond acceptors (Lipinski definition) is 4. The van der Waals surface area contributed by atoms with E-state index in [1.807, 2.05) is 24.9 Å². The molecule has 0 bridgehead atoms. The fourth-order valence-corrected chi connectivity index (χ4v) is 2.92. The maximum atomic E-state index is 12.2. The van der Waals surface area contributed by atoms with Crippen LogP contribution >= 0.6 is 0 Å². The average molecular weight is 258 g/mol. The van der Waals surface area contributed by atoms with E-state index in [0.29, 0.717) is 18.4 Å². The van der Waals surface area contributed by atoms with Gasteiger partial charge in [0.1, 0.15) is 17.3 Å². The molecule has 2 rings (SSSR count). The zero-order valence-electron chi connectivity index (χ0n) is 10.9. The van der Waals surface area contributed by atoms with Gasteiger partial charge >= 0.3 is 5.97 Å². The Morgan fingerprint density at radius 1 is 1.37 bits per heavy atom. The third kappa shape index (κ3) is 1.82. The van der Waals surface area contributed by atoms with Crippen molar-refractivity contribution in [2.45, 2.75) is 19.8 Å². The van der Waals surface area contributed by atoms with Crippen LogP contribution in [0.2, 0.25) is 0 Å². The molecule has 0 aromatic heterocycles. The summed E-state index contributed by atoms with van der Waals surface area (Å²) >= 11 is 0. The van der Waals surface area contributed by atoms with E-state index in [1.165, 1.54) is 19.3 Å². The highest BCUT2D eigenvalue weighted by molar-refractivity contribution is 5.89. The summed E-state index contributed by atoms with van der Waals surface area (Å²) in [5.74, 6) is 2.80. The summed E-state index contributed by atoms with van der Waals surface area (Å²) in [5, 5.41) is 0. The molecule has 0 saturated carbocycles. The monoisotopic (exact) mass is 258 g/mol. The molecule has 2 aliphatic carbocycles. The third-order valence-electron chi connectivity index (χ3n) is 3.96. The molecular formula is C15H14O4. The summed E-state index contributed by atoms with van der Waals surface area (Å²) in [6, 6.07) is 0. The van der Waals surface area contributed by atoms with E-state index >= 15 is 0 Å². The lowest BCUT2D eigenvalue weighted by atomic mass is 9.58. The second-order valence-electron chi connectivity index (χ2n) is 4.88. The lowest BCUT2D eigenvalue weighted by Crippen LogP contribution is -2.45. The van der Waals surface area contributed by atoms with Crippen LogP contribution in [0.25, 0.3) is 0 Å². The van der Waals surface area contributed by atoms with Gasteiger partial charge in [0.05, 0.1) is 12.7 Å². The van der Waals surface area contributed by atoms with Crippen molar-refractivity contribution < 1.29 is 19.1 Å². The number of carbonyl (C=O) groups excluding carboxylic acids is 3. The molecule has 98 valence electrons. The van der Waals surface area contributed by atoms with Crippen LogP contribution in [-0.4, -0.2) is 25.0 Å². The Morgan fingerprint density at radius 3 is 2.68 bits per heavy atom. The number of methoxy groups -OCH3 is 1. The Morgan fingerprint density at radius 2 is 2.11 bits per heavy atom. The zero-order valence-corrected chi connectivity index (χ0v) is 10.9. The molecule has 2 unspecified atom stereocenters. The second-order valence-corrected chi connectivity index (χ2v) is 4.88. The summed E-state index contributed by atoms with van der Waals surface area (Å²) in [6.45, 7) is 1.94. The number of allylic oxidation sites excluding steroid dienone is 5. The largest absolute Gasteiger partial charge is 0.468 e. The van der Waals surface area contributed by atoms with Crippen molar-refractivity contribution in [2.24, 2.45) is 11.3 Å². The Kier molecular flexibility index (Phi) is 3.39. The molecule has 0 aromatic rings. The Labute approximate surface area is 111 Å². The molecular weight excluding hydrogens is 244 g/mol. The standard InChI is InChI=1S/C15H14O4/c1-10-5-6-15(14(18)19-2)12(9-17)4-3-11(8-16)13(15)7-10/h3-5,13H,6-7H2,1-2H3. The van der Waals surface area contributed by atoms with Gasteiger partial charge in [0, 0.05) is 11.5 Å². The predicted octanol–water partition coefficient (Wildman–Crippen LogP) is 1.59. The van der Waals surface area contributed by atoms with E-state index < -0.39 is 17.3 Å². The van der Waals surface area contributed by atoms with Gasteiger partial charge in [-0.3, -0.25) is 4.79 Å². The van der Waals surface area contributed by atoms with E-state index in [0.717, 1.165) is 5.57 Å². The molecule has 0 heterocycles. The minimum Gasteiger partial charge on any atom is -0.468 e. The SMILES string of the molecule is COC(=O)C12CC=C(C)CC1C(=C=O)C=CC2=C=O. The van der Waals surface area contributed by atoms with Crippen LogP contribution in [0.5, 0.6) is 0 Å². The highest BCUT2D eigenvalue weighted by atomic mass is 16.5. The first-order valence-corrected chi connectivity index (χ1v) is 6.03. The summed E-state index contributed by atoms with van der Waals surface area (Å²) in [6.07, 6.45) is 5.80. The number of carbonyl (C=O) groups is 1. The van der Waals surface area contributed by atoms with Crippen molar-refractivity contribution in [3.8, 4) is 0 Å². The fraction of sp³-hybridized carbons (Fsp3) is 0.400. The zero-order chi connectivity index (χ0) is 14.0. The van der Waals surface area contributed by atoms with Crippen LogP contribution in [0.1, 0.15) is 19.8 Å². The minimum absolute atomic E-state index is 0.243. The highest BCUT2D eigenvalue weighted by Crippen LogP contribution is 2.51. The third-order valence-corrected chi connectivity index (χ3v) is 3.96. The van der Waals surface area contributed by atoms with Gasteiger partial charge in [-0.15, -0.1) is 0 Å². The molecule has 0 aromatic carbocycles. The van der Waals surface area contributed by atoms with Crippen LogP contribution in [-0.2, 0) is 19.1 Å². The maximum absolute atomic E-state index is 12.2. The molecule has 0 fully saturated rings. The topological polar surface area (TPSA) is 60.4 Å². The van der Waals surface area contributed by atoms with E-state index in [2.05, 4.69) is 0 Å². The quantitative estimate of drug-likeness (QED) is 0.407. The molecule has 0 aliphatic heterocycles. The van der Waals surface area contributed by atoms with Crippen molar-refractivity contribution in [1.82, 2.24) is 0 Å². The van der Waals surface area contributed by atoms with Crippen LogP contribution in [0.3, 0.4) is 0 Å². The number of rotatable bonds is 1. The van der Waals surface area contributed by atoms with E-state index in [9.17, 15) is 14.4 Å². The van der Waals surface area contributed by atoms with Crippen molar-refractivity contribution >= 4 is 17.9 Å². The van der Waals surface area contributed by atoms with Crippen molar-refractivity contribution in [3.05, 3.63) is 34.9 Å². The molecule has 4 heteroatoms. The van der Waals surface area contributed by atoms with Gasteiger partial charge in [-0.25, -0.2) is 9.59 Å². The van der Waals surface area contributed by atoms with E-state index in [1.54, 1.807) is 0 Å². The Balaban J connectivity index is 2.71. The molecule has 2 atom stereocenters. The number of ether oxygens (including phenoxy) is 1. The van der Waals surface area contributed by atoms with Crippen LogP contribution in [0.15, 0.2) is 34.9 Å². The molecule has 0 spiro atoms. The van der Waals surface area contributed by atoms with E-state index in [-0.39, 0.29) is 5.57 Å². The summed E-state index contributed by atoms with van der Waals surface area (Å²) in [7, 11) is 1.28. The lowest BCUT2D eigenvalue weighted by Gasteiger charge is -2.42. The molecule has 19 heavy (non-hydrogen) atoms. The summed E-state index contributed by atoms with van der Waals surface area (Å²) in [4.78, 5) is 34.5. The van der Waals surface area contributed by atoms with Gasteiger partial charge in [0.2, 0.25) is 0 Å². The van der Waals surface area contributed by atoms with Gasteiger partial charge < -0.3 is 4.74 Å². The summed E-state index contributed by atoms with van der Waals surface area (Å²) < 4.78 is 4.87. The molecule has 0 amide bonds. The number of esters is 1. The van der Waals surface area contributed by atoms with Crippen molar-refractivity contribution in [3.63, 3.8) is 0 Å². The lowest BCUT2D eigenvalue weighted by molar-refractivity contribution is -0.152. The second kappa shape index (κ2) is 4.85. The highest BCUT2D eigenvalue weighted by Gasteiger charge is 2.53. The van der Waals surface area contributed by atoms with Crippen LogP contribution in [0, 0.1) is 11.3 Å². The van der Waals surface area contributed by atoms with Crippen molar-refractivity contribution in [1.29, 1.82) is 0 Å². The fourth-order valence-electron chi connectivity index (χ4n) is 2.92. The number of hydrogen-bond donors (Lipinski definition) is 0. The Hall–Kier alpha value is -2.15.